The normalized spacial score (nSPS) is 19.3. The van der Waals surface area contributed by atoms with Crippen LogP contribution in [0.1, 0.15) is 24.2 Å². The fourth-order valence-electron chi connectivity index (χ4n) is 2.21. The fraction of sp³-hybridized carbons (Fsp3) is 0.500. The van der Waals surface area contributed by atoms with Crippen molar-refractivity contribution in [2.75, 3.05) is 31.6 Å². The molecule has 19 heavy (non-hydrogen) atoms. The monoisotopic (exact) mass is 282 g/mol. The summed E-state index contributed by atoms with van der Waals surface area (Å²) in [5.41, 5.74) is 1.46. The third-order valence-electron chi connectivity index (χ3n) is 3.11. The number of carbonyl (C=O) groups excluding carboxylic acids is 1. The smallest absolute Gasteiger partial charge is 0.256 e. The summed E-state index contributed by atoms with van der Waals surface area (Å²) in [7, 11) is 0. The Morgan fingerprint density at radius 1 is 1.58 bits per heavy atom. The zero-order chi connectivity index (χ0) is 13.8. The number of hydrogen-bond donors (Lipinski definition) is 1. The van der Waals surface area contributed by atoms with Gasteiger partial charge in [-0.3, -0.25) is 4.79 Å². The molecule has 1 aliphatic rings. The lowest BCUT2D eigenvalue weighted by Gasteiger charge is -2.31. The molecular weight excluding hydrogens is 264 g/mol. The number of rotatable bonds is 3. The molecule has 104 valence electrons. The first-order chi connectivity index (χ1) is 9.11. The zero-order valence-corrected chi connectivity index (χ0v) is 12.0. The first kappa shape index (κ1) is 14.2. The lowest BCUT2D eigenvalue weighted by Crippen LogP contribution is -2.44. The van der Waals surface area contributed by atoms with Crippen LogP contribution in [0.4, 0.5) is 5.69 Å². The maximum Gasteiger partial charge on any atom is 0.256 e. The van der Waals surface area contributed by atoms with Gasteiger partial charge in [0.1, 0.15) is 0 Å². The second-order valence-electron chi connectivity index (χ2n) is 4.65. The van der Waals surface area contributed by atoms with Gasteiger partial charge in [-0.1, -0.05) is 11.6 Å². The predicted molar refractivity (Wildman–Crippen MR) is 76.9 cm³/mol. The summed E-state index contributed by atoms with van der Waals surface area (Å²) in [5.74, 6) is 0.00796. The van der Waals surface area contributed by atoms with Gasteiger partial charge in [-0.05, 0) is 32.0 Å². The molecule has 1 aromatic rings. The van der Waals surface area contributed by atoms with Crippen molar-refractivity contribution in [1.29, 1.82) is 0 Å². The molecule has 2 rings (SSSR count). The van der Waals surface area contributed by atoms with Gasteiger partial charge in [0.25, 0.3) is 5.91 Å². The number of anilines is 1. The van der Waals surface area contributed by atoms with Gasteiger partial charge in [-0.25, -0.2) is 0 Å². The number of ether oxygens (including phenoxy) is 1. The van der Waals surface area contributed by atoms with Crippen LogP contribution in [0.15, 0.2) is 18.2 Å². The van der Waals surface area contributed by atoms with E-state index in [-0.39, 0.29) is 12.0 Å². The molecule has 1 saturated heterocycles. The lowest BCUT2D eigenvalue weighted by molar-refractivity contribution is -0.0123. The summed E-state index contributed by atoms with van der Waals surface area (Å²) in [6.07, 6.45) is 0.0828. The molecule has 1 amide bonds. The zero-order valence-electron chi connectivity index (χ0n) is 11.3. The van der Waals surface area contributed by atoms with E-state index in [1.165, 1.54) is 0 Å². The van der Waals surface area contributed by atoms with Crippen LogP contribution in [-0.2, 0) is 4.74 Å². The number of benzene rings is 1. The first-order valence-corrected chi connectivity index (χ1v) is 6.94. The number of morpholine rings is 1. The highest BCUT2D eigenvalue weighted by atomic mass is 35.5. The molecule has 0 spiro atoms. The van der Waals surface area contributed by atoms with Crippen molar-refractivity contribution in [2.45, 2.75) is 20.0 Å². The largest absolute Gasteiger partial charge is 0.385 e. The molecule has 1 atom stereocenters. The van der Waals surface area contributed by atoms with Crippen LogP contribution in [0.2, 0.25) is 5.02 Å². The van der Waals surface area contributed by atoms with Gasteiger partial charge in [0.2, 0.25) is 0 Å². The van der Waals surface area contributed by atoms with Crippen LogP contribution in [0.5, 0.6) is 0 Å². The Hall–Kier alpha value is -1.26. The van der Waals surface area contributed by atoms with Crippen molar-refractivity contribution in [2.24, 2.45) is 0 Å². The van der Waals surface area contributed by atoms with Gasteiger partial charge < -0.3 is 15.0 Å². The summed E-state index contributed by atoms with van der Waals surface area (Å²) in [6, 6.07) is 5.36. The van der Waals surface area contributed by atoms with E-state index in [9.17, 15) is 4.79 Å². The number of carbonyl (C=O) groups is 1. The molecule has 1 fully saturated rings. The Kier molecular flexibility index (Phi) is 4.66. The molecule has 4 nitrogen and oxygen atoms in total. The quantitative estimate of drug-likeness (QED) is 0.927. The molecule has 1 aromatic carbocycles. The maximum atomic E-state index is 12.6. The summed E-state index contributed by atoms with van der Waals surface area (Å²) in [4.78, 5) is 14.4. The van der Waals surface area contributed by atoms with Crippen LogP contribution in [0.3, 0.4) is 0 Å². The Bertz CT molecular complexity index is 465. The van der Waals surface area contributed by atoms with Crippen LogP contribution in [0.25, 0.3) is 0 Å². The minimum atomic E-state index is 0.00796. The minimum Gasteiger partial charge on any atom is -0.385 e. The van der Waals surface area contributed by atoms with E-state index in [2.05, 4.69) is 5.32 Å². The van der Waals surface area contributed by atoms with E-state index in [1.807, 2.05) is 24.8 Å². The Morgan fingerprint density at radius 3 is 3.05 bits per heavy atom. The van der Waals surface area contributed by atoms with E-state index in [1.54, 1.807) is 12.1 Å². The van der Waals surface area contributed by atoms with Crippen molar-refractivity contribution >= 4 is 23.2 Å². The van der Waals surface area contributed by atoms with Crippen LogP contribution >= 0.6 is 11.6 Å². The van der Waals surface area contributed by atoms with Gasteiger partial charge in [0.15, 0.2) is 0 Å². The van der Waals surface area contributed by atoms with Crippen LogP contribution < -0.4 is 5.32 Å². The summed E-state index contributed by atoms with van der Waals surface area (Å²) in [6.45, 7) is 6.58. The number of nitrogens with zero attached hydrogens (tertiary/aromatic N) is 1. The van der Waals surface area contributed by atoms with Gasteiger partial charge in [-0.2, -0.15) is 0 Å². The molecule has 0 aliphatic carbocycles. The average molecular weight is 283 g/mol. The van der Waals surface area contributed by atoms with E-state index in [4.69, 9.17) is 16.3 Å². The Morgan fingerprint density at radius 2 is 2.37 bits per heavy atom. The second-order valence-corrected chi connectivity index (χ2v) is 5.09. The molecular formula is C14H19ClN2O2. The molecule has 1 N–H and O–H groups in total. The van der Waals surface area contributed by atoms with Gasteiger partial charge in [0.05, 0.1) is 18.3 Å². The number of hydrogen-bond acceptors (Lipinski definition) is 3. The van der Waals surface area contributed by atoms with Gasteiger partial charge >= 0.3 is 0 Å². The van der Waals surface area contributed by atoms with E-state index in [0.717, 1.165) is 12.2 Å². The van der Waals surface area contributed by atoms with Crippen molar-refractivity contribution in [3.8, 4) is 0 Å². The average Bonchev–Trinajstić information content (AvgIpc) is 2.40. The topological polar surface area (TPSA) is 41.6 Å². The molecule has 1 unspecified atom stereocenters. The van der Waals surface area contributed by atoms with Crippen LogP contribution in [-0.4, -0.2) is 43.2 Å². The lowest BCUT2D eigenvalue weighted by atomic mass is 10.1. The molecule has 5 heteroatoms. The highest BCUT2D eigenvalue weighted by molar-refractivity contribution is 6.31. The number of amides is 1. The van der Waals surface area contributed by atoms with Crippen molar-refractivity contribution < 1.29 is 9.53 Å². The third kappa shape index (κ3) is 3.39. The van der Waals surface area contributed by atoms with Crippen molar-refractivity contribution in [3.05, 3.63) is 28.8 Å². The standard InChI is InChI=1S/C14H19ClN2O2/c1-3-16-13-5-4-11(15)8-12(13)14(18)17-6-7-19-10(2)9-17/h4-5,8,10,16H,3,6-7,9H2,1-2H3. The van der Waals surface area contributed by atoms with Crippen molar-refractivity contribution in [3.63, 3.8) is 0 Å². The summed E-state index contributed by atoms with van der Waals surface area (Å²) < 4.78 is 5.46. The predicted octanol–water partition coefficient (Wildman–Crippen LogP) is 2.63. The second kappa shape index (κ2) is 6.26. The van der Waals surface area contributed by atoms with Crippen LogP contribution in [0, 0.1) is 0 Å². The SMILES string of the molecule is CCNc1ccc(Cl)cc1C(=O)N1CCOC(C)C1. The maximum absolute atomic E-state index is 12.6. The highest BCUT2D eigenvalue weighted by Gasteiger charge is 2.24. The Labute approximate surface area is 118 Å². The fourth-order valence-corrected chi connectivity index (χ4v) is 2.38. The molecule has 0 radical (unpaired) electrons. The van der Waals surface area contributed by atoms with E-state index >= 15 is 0 Å². The van der Waals surface area contributed by atoms with Gasteiger partial charge in [0, 0.05) is 30.3 Å². The number of nitrogens with one attached hydrogen (secondary N) is 1. The van der Waals surface area contributed by atoms with Gasteiger partial charge in [-0.15, -0.1) is 0 Å². The summed E-state index contributed by atoms with van der Waals surface area (Å²) in [5, 5.41) is 3.77. The van der Waals surface area contributed by atoms with E-state index in [0.29, 0.717) is 30.3 Å². The highest BCUT2D eigenvalue weighted by Crippen LogP contribution is 2.23. The first-order valence-electron chi connectivity index (χ1n) is 6.56. The molecule has 1 aliphatic heterocycles. The van der Waals surface area contributed by atoms with E-state index < -0.39 is 0 Å². The molecule has 0 saturated carbocycles. The summed E-state index contributed by atoms with van der Waals surface area (Å²) >= 11 is 6.01. The molecule has 0 aromatic heterocycles. The molecule has 0 bridgehead atoms. The Balaban J connectivity index is 2.24. The minimum absolute atomic E-state index is 0.00796. The molecule has 1 heterocycles. The third-order valence-corrected chi connectivity index (χ3v) is 3.34. The number of halogens is 1. The van der Waals surface area contributed by atoms with Crippen molar-refractivity contribution in [1.82, 2.24) is 4.90 Å².